The van der Waals surface area contributed by atoms with E-state index >= 15 is 0 Å². The second-order valence-electron chi connectivity index (χ2n) is 6.32. The van der Waals surface area contributed by atoms with Gasteiger partial charge in [-0.2, -0.15) is 4.52 Å². The maximum Gasteiger partial charge on any atom is 0.177 e. The van der Waals surface area contributed by atoms with Crippen LogP contribution >= 0.6 is 0 Å². The van der Waals surface area contributed by atoms with Gasteiger partial charge in [-0.15, -0.1) is 15.3 Å². The summed E-state index contributed by atoms with van der Waals surface area (Å²) in [5.41, 5.74) is 2.04. The van der Waals surface area contributed by atoms with Crippen molar-refractivity contribution in [3.05, 3.63) is 48.5 Å². The molecule has 124 valence electrons. The quantitative estimate of drug-likeness (QED) is 0.732. The Morgan fingerprint density at radius 1 is 1.21 bits per heavy atom. The van der Waals surface area contributed by atoms with E-state index in [1.807, 2.05) is 30.6 Å². The Labute approximate surface area is 140 Å². The lowest BCUT2D eigenvalue weighted by Gasteiger charge is -2.43. The summed E-state index contributed by atoms with van der Waals surface area (Å²) >= 11 is 0. The van der Waals surface area contributed by atoms with Crippen LogP contribution in [0.4, 0.5) is 5.82 Å². The number of hydrogen-bond acceptors (Lipinski definition) is 6. The van der Waals surface area contributed by atoms with E-state index in [0.717, 1.165) is 31.1 Å². The van der Waals surface area contributed by atoms with Gasteiger partial charge in [-0.3, -0.25) is 9.88 Å². The van der Waals surface area contributed by atoms with Crippen molar-refractivity contribution in [2.45, 2.75) is 25.9 Å². The van der Waals surface area contributed by atoms with Crippen LogP contribution in [0, 0.1) is 0 Å². The van der Waals surface area contributed by atoms with E-state index in [0.29, 0.717) is 12.1 Å². The SMILES string of the molecule is C[C@H](c1cccnc1)N1CCN(c2ccc3nncn3n2)[C@H](C)C1. The van der Waals surface area contributed by atoms with Crippen molar-refractivity contribution in [3.8, 4) is 0 Å². The lowest BCUT2D eigenvalue weighted by molar-refractivity contribution is 0.175. The molecule has 1 saturated heterocycles. The number of pyridine rings is 1. The number of hydrogen-bond donors (Lipinski definition) is 0. The average Bonchev–Trinajstić information content (AvgIpc) is 3.09. The van der Waals surface area contributed by atoms with E-state index in [1.165, 1.54) is 5.56 Å². The van der Waals surface area contributed by atoms with Crippen molar-refractivity contribution < 1.29 is 0 Å². The monoisotopic (exact) mass is 323 g/mol. The van der Waals surface area contributed by atoms with Crippen LogP contribution in [0.25, 0.3) is 5.65 Å². The van der Waals surface area contributed by atoms with Crippen LogP contribution in [-0.4, -0.2) is 55.4 Å². The Hall–Kier alpha value is -2.54. The molecule has 1 aliphatic rings. The molecule has 0 amide bonds. The third kappa shape index (κ3) is 2.71. The third-order valence-corrected chi connectivity index (χ3v) is 4.82. The van der Waals surface area contributed by atoms with Crippen molar-refractivity contribution in [1.82, 2.24) is 29.7 Å². The van der Waals surface area contributed by atoms with Gasteiger partial charge in [0.25, 0.3) is 0 Å². The van der Waals surface area contributed by atoms with Crippen LogP contribution in [0.15, 0.2) is 43.0 Å². The summed E-state index contributed by atoms with van der Waals surface area (Å²) < 4.78 is 1.73. The molecule has 0 radical (unpaired) electrons. The highest BCUT2D eigenvalue weighted by atomic mass is 15.4. The molecular formula is C17H21N7. The molecule has 24 heavy (non-hydrogen) atoms. The van der Waals surface area contributed by atoms with Gasteiger partial charge in [0.1, 0.15) is 12.1 Å². The highest BCUT2D eigenvalue weighted by Crippen LogP contribution is 2.25. The van der Waals surface area contributed by atoms with Gasteiger partial charge in [0, 0.05) is 44.1 Å². The summed E-state index contributed by atoms with van der Waals surface area (Å²) in [6.45, 7) is 7.45. The molecule has 0 aromatic carbocycles. The first kappa shape index (κ1) is 15.0. The van der Waals surface area contributed by atoms with Gasteiger partial charge in [0.05, 0.1) is 0 Å². The second kappa shape index (κ2) is 6.16. The number of piperazine rings is 1. The van der Waals surface area contributed by atoms with Gasteiger partial charge in [-0.25, -0.2) is 0 Å². The molecule has 3 aromatic rings. The first-order valence-corrected chi connectivity index (χ1v) is 8.30. The molecular weight excluding hydrogens is 302 g/mol. The minimum Gasteiger partial charge on any atom is -0.350 e. The predicted molar refractivity (Wildman–Crippen MR) is 91.8 cm³/mol. The van der Waals surface area contributed by atoms with Crippen LogP contribution in [0.5, 0.6) is 0 Å². The van der Waals surface area contributed by atoms with Crippen LogP contribution in [0.2, 0.25) is 0 Å². The third-order valence-electron chi connectivity index (χ3n) is 4.82. The predicted octanol–water partition coefficient (Wildman–Crippen LogP) is 1.79. The van der Waals surface area contributed by atoms with Crippen LogP contribution in [0.1, 0.15) is 25.5 Å². The number of rotatable bonds is 3. The van der Waals surface area contributed by atoms with Crippen molar-refractivity contribution in [2.75, 3.05) is 24.5 Å². The molecule has 3 aromatic heterocycles. The fourth-order valence-corrected chi connectivity index (χ4v) is 3.38. The maximum atomic E-state index is 4.63. The number of fused-ring (bicyclic) bond motifs is 1. The van der Waals surface area contributed by atoms with E-state index in [2.05, 4.69) is 50.0 Å². The summed E-state index contributed by atoms with van der Waals surface area (Å²) in [6, 6.07) is 8.91. The molecule has 0 aliphatic carbocycles. The molecule has 0 saturated carbocycles. The largest absolute Gasteiger partial charge is 0.350 e. The minimum absolute atomic E-state index is 0.372. The number of aromatic nitrogens is 5. The zero-order chi connectivity index (χ0) is 16.5. The summed E-state index contributed by atoms with van der Waals surface area (Å²) in [5, 5.41) is 12.5. The van der Waals surface area contributed by atoms with E-state index in [9.17, 15) is 0 Å². The lowest BCUT2D eigenvalue weighted by Crippen LogP contribution is -2.52. The summed E-state index contributed by atoms with van der Waals surface area (Å²) in [6.07, 6.45) is 5.43. The second-order valence-corrected chi connectivity index (χ2v) is 6.32. The van der Waals surface area contributed by atoms with Crippen LogP contribution in [-0.2, 0) is 0 Å². The highest BCUT2D eigenvalue weighted by Gasteiger charge is 2.28. The number of anilines is 1. The standard InChI is InChI=1S/C17H21N7/c1-13-11-22(14(2)15-4-3-7-18-10-15)8-9-23(13)17-6-5-16-20-19-12-24(16)21-17/h3-7,10,12-14H,8-9,11H2,1-2H3/t13-,14-/m1/s1. The van der Waals surface area contributed by atoms with E-state index < -0.39 is 0 Å². The minimum atomic E-state index is 0.372. The highest BCUT2D eigenvalue weighted by molar-refractivity contribution is 5.46. The van der Waals surface area contributed by atoms with Gasteiger partial charge in [0.2, 0.25) is 0 Å². The number of nitrogens with zero attached hydrogens (tertiary/aromatic N) is 7. The van der Waals surface area contributed by atoms with Crippen molar-refractivity contribution in [2.24, 2.45) is 0 Å². The topological polar surface area (TPSA) is 62.5 Å². The summed E-state index contributed by atoms with van der Waals surface area (Å²) in [4.78, 5) is 9.11. The van der Waals surface area contributed by atoms with Gasteiger partial charge in [-0.05, 0) is 37.6 Å². The van der Waals surface area contributed by atoms with Crippen LogP contribution in [0.3, 0.4) is 0 Å². The zero-order valence-electron chi connectivity index (χ0n) is 13.9. The molecule has 2 atom stereocenters. The molecule has 4 rings (SSSR count). The smallest absolute Gasteiger partial charge is 0.177 e. The van der Waals surface area contributed by atoms with Crippen molar-refractivity contribution in [1.29, 1.82) is 0 Å². The summed E-state index contributed by atoms with van der Waals surface area (Å²) in [5.74, 6) is 0.975. The molecule has 0 unspecified atom stereocenters. The summed E-state index contributed by atoms with van der Waals surface area (Å²) in [7, 11) is 0. The molecule has 0 bridgehead atoms. The van der Waals surface area contributed by atoms with Crippen LogP contribution < -0.4 is 4.90 Å². The average molecular weight is 323 g/mol. The molecule has 1 fully saturated rings. The fraction of sp³-hybridized carbons (Fsp3) is 0.412. The van der Waals surface area contributed by atoms with Crippen molar-refractivity contribution in [3.63, 3.8) is 0 Å². The Morgan fingerprint density at radius 2 is 2.12 bits per heavy atom. The van der Waals surface area contributed by atoms with E-state index in [-0.39, 0.29) is 0 Å². The molecule has 1 aliphatic heterocycles. The van der Waals surface area contributed by atoms with E-state index in [4.69, 9.17) is 0 Å². The lowest BCUT2D eigenvalue weighted by atomic mass is 10.1. The zero-order valence-corrected chi connectivity index (χ0v) is 13.9. The normalized spacial score (nSPS) is 20.4. The van der Waals surface area contributed by atoms with Gasteiger partial charge < -0.3 is 4.90 Å². The molecule has 0 N–H and O–H groups in total. The molecule has 4 heterocycles. The Kier molecular flexibility index (Phi) is 3.86. The first-order valence-electron chi connectivity index (χ1n) is 8.30. The molecule has 7 nitrogen and oxygen atoms in total. The first-order chi connectivity index (χ1) is 11.7. The fourth-order valence-electron chi connectivity index (χ4n) is 3.38. The van der Waals surface area contributed by atoms with Crippen molar-refractivity contribution >= 4 is 11.5 Å². The molecule has 7 heteroatoms. The van der Waals surface area contributed by atoms with Gasteiger partial charge in [-0.1, -0.05) is 6.07 Å². The van der Waals surface area contributed by atoms with Gasteiger partial charge in [0.15, 0.2) is 5.65 Å². The van der Waals surface area contributed by atoms with Gasteiger partial charge >= 0.3 is 0 Å². The Morgan fingerprint density at radius 3 is 2.92 bits per heavy atom. The molecule has 0 spiro atoms. The Balaban J connectivity index is 1.50. The Bertz CT molecular complexity index is 816. The van der Waals surface area contributed by atoms with E-state index in [1.54, 1.807) is 10.8 Å². The maximum absolute atomic E-state index is 4.63.